The molecule has 3 rings (SSSR count). The van der Waals surface area contributed by atoms with Gasteiger partial charge in [-0.1, -0.05) is 23.9 Å². The number of rotatable bonds is 7. The minimum Gasteiger partial charge on any atom is -0.491 e. The average molecular weight is 401 g/mol. The summed E-state index contributed by atoms with van der Waals surface area (Å²) in [4.78, 5) is 25.7. The van der Waals surface area contributed by atoms with Crippen molar-refractivity contribution in [2.24, 2.45) is 0 Å². The fourth-order valence-electron chi connectivity index (χ4n) is 3.06. The van der Waals surface area contributed by atoms with Gasteiger partial charge in [0.05, 0.1) is 12.2 Å². The van der Waals surface area contributed by atoms with E-state index in [0.29, 0.717) is 19.8 Å². The summed E-state index contributed by atoms with van der Waals surface area (Å²) in [7, 11) is 0. The summed E-state index contributed by atoms with van der Waals surface area (Å²) in [5.74, 6) is 0.381. The zero-order valence-corrected chi connectivity index (χ0v) is 17.0. The number of ether oxygens (including phenoxy) is 2. The topological polar surface area (TPSA) is 67.9 Å². The molecule has 0 aromatic heterocycles. The summed E-state index contributed by atoms with van der Waals surface area (Å²) >= 11 is 1.74. The molecule has 1 N–H and O–H groups in total. The van der Waals surface area contributed by atoms with Crippen LogP contribution in [0.15, 0.2) is 47.4 Å². The second-order valence-electron chi connectivity index (χ2n) is 6.54. The van der Waals surface area contributed by atoms with Crippen LogP contribution in [0.4, 0.5) is 11.4 Å². The molecule has 0 saturated carbocycles. The lowest BCUT2D eigenvalue weighted by molar-refractivity contribution is -0.140. The van der Waals surface area contributed by atoms with Gasteiger partial charge < -0.3 is 19.7 Å². The summed E-state index contributed by atoms with van der Waals surface area (Å²) in [6.45, 7) is 6.27. The number of benzene rings is 2. The average Bonchev–Trinajstić information content (AvgIpc) is 2.99. The number of fused-ring (bicyclic) bond motifs is 1. The fraction of sp³-hybridized carbons (Fsp3) is 0.333. The molecule has 148 valence electrons. The zero-order valence-electron chi connectivity index (χ0n) is 16.2. The SMILES string of the molecule is CC(=O)Nc1ccc(OCC2Sc3ccccc3N2CCOC(C)=O)cc1C. The maximum absolute atomic E-state index is 11.2. The van der Waals surface area contributed by atoms with Gasteiger partial charge in [0.2, 0.25) is 5.91 Å². The number of carbonyl (C=O) groups is 2. The maximum atomic E-state index is 11.2. The van der Waals surface area contributed by atoms with E-state index < -0.39 is 0 Å². The van der Waals surface area contributed by atoms with Gasteiger partial charge in [-0.3, -0.25) is 9.59 Å². The molecule has 2 aromatic rings. The molecule has 6 nitrogen and oxygen atoms in total. The first-order valence-corrected chi connectivity index (χ1v) is 9.98. The number of anilines is 2. The Balaban J connectivity index is 1.66. The summed E-state index contributed by atoms with van der Waals surface area (Å²) in [6, 6.07) is 13.8. The van der Waals surface area contributed by atoms with Crippen LogP contribution in [0, 0.1) is 6.92 Å². The van der Waals surface area contributed by atoms with E-state index in [2.05, 4.69) is 22.3 Å². The minimum absolute atomic E-state index is 0.0864. The van der Waals surface area contributed by atoms with Crippen LogP contribution in [0.25, 0.3) is 0 Å². The Kier molecular flexibility index (Phi) is 6.46. The highest BCUT2D eigenvalue weighted by Gasteiger charge is 2.30. The second kappa shape index (κ2) is 9.01. The number of nitrogens with one attached hydrogen (secondary N) is 1. The third-order valence-electron chi connectivity index (χ3n) is 4.32. The minimum atomic E-state index is -0.275. The molecule has 0 bridgehead atoms. The Bertz CT molecular complexity index is 871. The molecule has 0 aliphatic carbocycles. The molecule has 1 unspecified atom stereocenters. The Morgan fingerprint density at radius 3 is 2.68 bits per heavy atom. The first-order chi connectivity index (χ1) is 13.4. The number of aryl methyl sites for hydroxylation is 1. The van der Waals surface area contributed by atoms with E-state index in [1.54, 1.807) is 11.8 Å². The van der Waals surface area contributed by atoms with Crippen LogP contribution in [-0.4, -0.2) is 37.0 Å². The van der Waals surface area contributed by atoms with Gasteiger partial charge >= 0.3 is 5.97 Å². The third-order valence-corrected chi connectivity index (χ3v) is 5.59. The highest BCUT2D eigenvalue weighted by atomic mass is 32.2. The van der Waals surface area contributed by atoms with E-state index in [1.807, 2.05) is 37.3 Å². The summed E-state index contributed by atoms with van der Waals surface area (Å²) in [6.07, 6.45) is 0. The molecule has 0 radical (unpaired) electrons. The zero-order chi connectivity index (χ0) is 20.1. The molecule has 1 amide bonds. The van der Waals surface area contributed by atoms with Gasteiger partial charge in [-0.25, -0.2) is 0 Å². The van der Waals surface area contributed by atoms with Crippen LogP contribution in [0.3, 0.4) is 0 Å². The normalized spacial score (nSPS) is 15.1. The van der Waals surface area contributed by atoms with Crippen molar-refractivity contribution in [3.63, 3.8) is 0 Å². The molecule has 7 heteroatoms. The molecule has 0 saturated heterocycles. The molecular weight excluding hydrogens is 376 g/mol. The Labute approximate surface area is 169 Å². The lowest BCUT2D eigenvalue weighted by Crippen LogP contribution is -2.36. The van der Waals surface area contributed by atoms with Gasteiger partial charge in [0.25, 0.3) is 0 Å². The van der Waals surface area contributed by atoms with Crippen molar-refractivity contribution in [3.05, 3.63) is 48.0 Å². The van der Waals surface area contributed by atoms with Crippen molar-refractivity contribution >= 4 is 35.0 Å². The van der Waals surface area contributed by atoms with E-state index in [1.165, 1.54) is 18.7 Å². The van der Waals surface area contributed by atoms with Crippen molar-refractivity contribution in [2.45, 2.75) is 31.0 Å². The largest absolute Gasteiger partial charge is 0.491 e. The number of hydrogen-bond acceptors (Lipinski definition) is 6. The maximum Gasteiger partial charge on any atom is 0.302 e. The van der Waals surface area contributed by atoms with Crippen LogP contribution in [0.2, 0.25) is 0 Å². The summed E-state index contributed by atoms with van der Waals surface area (Å²) < 4.78 is 11.2. The van der Waals surface area contributed by atoms with E-state index >= 15 is 0 Å². The first kappa shape index (κ1) is 20.1. The summed E-state index contributed by atoms with van der Waals surface area (Å²) in [5.41, 5.74) is 2.86. The standard InChI is InChI=1S/C21H24N2O4S/c1-14-12-17(8-9-18(14)22-15(2)24)27-13-21-23(10-11-26-16(3)25)19-6-4-5-7-20(19)28-21/h4-9,12,21H,10-11,13H2,1-3H3,(H,22,24). The van der Waals surface area contributed by atoms with Gasteiger partial charge in [-0.05, 0) is 42.8 Å². The number of carbonyl (C=O) groups excluding carboxylic acids is 2. The number of para-hydroxylation sites is 1. The molecule has 1 atom stereocenters. The van der Waals surface area contributed by atoms with Crippen molar-refractivity contribution in [3.8, 4) is 5.75 Å². The smallest absolute Gasteiger partial charge is 0.302 e. The number of nitrogens with zero attached hydrogens (tertiary/aromatic N) is 1. The Morgan fingerprint density at radius 2 is 1.96 bits per heavy atom. The van der Waals surface area contributed by atoms with E-state index in [0.717, 1.165) is 22.7 Å². The lowest BCUT2D eigenvalue weighted by Gasteiger charge is -2.26. The van der Waals surface area contributed by atoms with Crippen molar-refractivity contribution < 1.29 is 19.1 Å². The molecule has 28 heavy (non-hydrogen) atoms. The highest BCUT2D eigenvalue weighted by Crippen LogP contribution is 2.43. The van der Waals surface area contributed by atoms with Gasteiger partial charge in [0.15, 0.2) is 0 Å². The Morgan fingerprint density at radius 1 is 1.18 bits per heavy atom. The molecule has 0 spiro atoms. The van der Waals surface area contributed by atoms with Gasteiger partial charge in [0, 0.05) is 24.4 Å². The van der Waals surface area contributed by atoms with Gasteiger partial charge in [-0.2, -0.15) is 0 Å². The van der Waals surface area contributed by atoms with Crippen LogP contribution in [0.5, 0.6) is 5.75 Å². The quantitative estimate of drug-likeness (QED) is 0.713. The monoisotopic (exact) mass is 400 g/mol. The van der Waals surface area contributed by atoms with Gasteiger partial charge in [-0.15, -0.1) is 0 Å². The van der Waals surface area contributed by atoms with Crippen LogP contribution in [0.1, 0.15) is 19.4 Å². The number of amides is 1. The highest BCUT2D eigenvalue weighted by molar-refractivity contribution is 8.00. The number of hydrogen-bond donors (Lipinski definition) is 1. The van der Waals surface area contributed by atoms with E-state index in [-0.39, 0.29) is 17.3 Å². The molecule has 1 heterocycles. The molecule has 2 aromatic carbocycles. The van der Waals surface area contributed by atoms with Crippen molar-refractivity contribution in [1.82, 2.24) is 0 Å². The third kappa shape index (κ3) is 4.98. The Hall–Kier alpha value is -2.67. The molecule has 1 aliphatic heterocycles. The fourth-order valence-corrected chi connectivity index (χ4v) is 4.30. The second-order valence-corrected chi connectivity index (χ2v) is 7.76. The molecule has 1 aliphatic rings. The van der Waals surface area contributed by atoms with E-state index in [4.69, 9.17) is 9.47 Å². The van der Waals surface area contributed by atoms with E-state index in [9.17, 15) is 9.59 Å². The van der Waals surface area contributed by atoms with Crippen LogP contribution in [-0.2, 0) is 14.3 Å². The predicted molar refractivity (Wildman–Crippen MR) is 111 cm³/mol. The van der Waals surface area contributed by atoms with Crippen LogP contribution < -0.4 is 15.0 Å². The molecular formula is C21H24N2O4S. The predicted octanol–water partition coefficient (Wildman–Crippen LogP) is 3.83. The number of esters is 1. The van der Waals surface area contributed by atoms with Gasteiger partial charge in [0.1, 0.15) is 24.3 Å². The van der Waals surface area contributed by atoms with Crippen molar-refractivity contribution in [2.75, 3.05) is 30.0 Å². The first-order valence-electron chi connectivity index (χ1n) is 9.11. The summed E-state index contributed by atoms with van der Waals surface area (Å²) in [5, 5.41) is 2.89. The lowest BCUT2D eigenvalue weighted by atomic mass is 10.2. The van der Waals surface area contributed by atoms with Crippen LogP contribution >= 0.6 is 11.8 Å². The van der Waals surface area contributed by atoms with Crippen molar-refractivity contribution in [1.29, 1.82) is 0 Å². The number of thioether (sulfide) groups is 1. The molecule has 0 fully saturated rings.